The number of amides is 2. The van der Waals surface area contributed by atoms with E-state index in [1.54, 1.807) is 11.8 Å². The summed E-state index contributed by atoms with van der Waals surface area (Å²) in [4.78, 5) is 26.3. The van der Waals surface area contributed by atoms with Gasteiger partial charge in [0.2, 0.25) is 0 Å². The van der Waals surface area contributed by atoms with Gasteiger partial charge in [0.25, 0.3) is 0 Å². The Hall–Kier alpha value is -2.11. The van der Waals surface area contributed by atoms with Gasteiger partial charge >= 0.3 is 12.0 Å². The highest BCUT2D eigenvalue weighted by Crippen LogP contribution is 2.43. The fourth-order valence-corrected chi connectivity index (χ4v) is 3.53. The number of fused-ring (bicyclic) bond motifs is 2. The molecule has 1 aromatic carbocycles. The van der Waals surface area contributed by atoms with Crippen molar-refractivity contribution in [3.63, 3.8) is 0 Å². The minimum atomic E-state index is -0.501. The number of piperidine rings is 1. The molecule has 2 aliphatic rings. The summed E-state index contributed by atoms with van der Waals surface area (Å²) in [6, 6.07) is 4.83. The number of likely N-dealkylation sites (tertiary alicyclic amines) is 1. The molecule has 2 bridgehead atoms. The van der Waals surface area contributed by atoms with E-state index < -0.39 is 6.04 Å². The molecule has 1 aliphatic carbocycles. The van der Waals surface area contributed by atoms with Gasteiger partial charge in [-0.25, -0.2) is 14.0 Å². The predicted octanol–water partition coefficient (Wildman–Crippen LogP) is 2.77. The monoisotopic (exact) mass is 306 g/mol. The zero-order valence-corrected chi connectivity index (χ0v) is 12.4. The molecular weight excluding hydrogens is 287 g/mol. The van der Waals surface area contributed by atoms with Crippen molar-refractivity contribution in [2.24, 2.45) is 5.92 Å². The summed E-state index contributed by atoms with van der Waals surface area (Å²) in [6.45, 7) is 2.06. The van der Waals surface area contributed by atoms with Gasteiger partial charge in [0.05, 0.1) is 6.61 Å². The first-order chi connectivity index (χ1) is 10.6. The summed E-state index contributed by atoms with van der Waals surface area (Å²) in [7, 11) is 0. The molecule has 2 fully saturated rings. The third-order valence-electron chi connectivity index (χ3n) is 4.44. The molecular formula is C16H19FN2O3. The molecule has 5 nitrogen and oxygen atoms in total. The van der Waals surface area contributed by atoms with E-state index in [-0.39, 0.29) is 29.8 Å². The van der Waals surface area contributed by atoms with Crippen LogP contribution in [0, 0.1) is 11.7 Å². The molecule has 1 heterocycles. The van der Waals surface area contributed by atoms with Crippen molar-refractivity contribution in [1.82, 2.24) is 4.90 Å². The summed E-state index contributed by atoms with van der Waals surface area (Å²) < 4.78 is 18.0. The van der Waals surface area contributed by atoms with Gasteiger partial charge < -0.3 is 15.0 Å². The Bertz CT molecular complexity index is 575. The van der Waals surface area contributed by atoms with E-state index in [1.165, 1.54) is 24.3 Å². The van der Waals surface area contributed by atoms with Crippen LogP contribution in [0.25, 0.3) is 0 Å². The van der Waals surface area contributed by atoms with Gasteiger partial charge in [-0.05, 0) is 56.4 Å². The molecule has 22 heavy (non-hydrogen) atoms. The SMILES string of the molecule is CCOC(=O)C1C2CCC(C2)N1C(=O)Nc1ccc(F)cc1. The summed E-state index contributed by atoms with van der Waals surface area (Å²) >= 11 is 0. The summed E-state index contributed by atoms with van der Waals surface area (Å²) in [5, 5.41) is 2.74. The van der Waals surface area contributed by atoms with E-state index >= 15 is 0 Å². The second kappa shape index (κ2) is 5.94. The average Bonchev–Trinajstić information content (AvgIpc) is 3.10. The molecule has 2 amide bonds. The van der Waals surface area contributed by atoms with E-state index in [9.17, 15) is 14.0 Å². The first-order valence-electron chi connectivity index (χ1n) is 7.61. The van der Waals surface area contributed by atoms with Crippen molar-refractivity contribution in [2.75, 3.05) is 11.9 Å². The molecule has 6 heteroatoms. The number of nitrogens with zero attached hydrogens (tertiary/aromatic N) is 1. The zero-order chi connectivity index (χ0) is 15.7. The number of ether oxygens (including phenoxy) is 1. The minimum Gasteiger partial charge on any atom is -0.464 e. The van der Waals surface area contributed by atoms with Crippen LogP contribution in [0.5, 0.6) is 0 Å². The number of halogens is 1. The van der Waals surface area contributed by atoms with E-state index in [1.807, 2.05) is 0 Å². The van der Waals surface area contributed by atoms with Crippen molar-refractivity contribution in [1.29, 1.82) is 0 Å². The number of hydrogen-bond donors (Lipinski definition) is 1. The lowest BCUT2D eigenvalue weighted by Crippen LogP contribution is -2.51. The molecule has 0 radical (unpaired) electrons. The van der Waals surface area contributed by atoms with E-state index in [4.69, 9.17) is 4.74 Å². The molecule has 1 aliphatic heterocycles. The Morgan fingerprint density at radius 3 is 2.73 bits per heavy atom. The lowest BCUT2D eigenvalue weighted by Gasteiger charge is -2.33. The lowest BCUT2D eigenvalue weighted by atomic mass is 9.99. The van der Waals surface area contributed by atoms with Crippen LogP contribution in [-0.4, -0.2) is 35.6 Å². The van der Waals surface area contributed by atoms with Crippen LogP contribution in [0.1, 0.15) is 26.2 Å². The number of benzene rings is 1. The van der Waals surface area contributed by atoms with Gasteiger partial charge in [-0.1, -0.05) is 0 Å². The van der Waals surface area contributed by atoms with Crippen LogP contribution < -0.4 is 5.32 Å². The van der Waals surface area contributed by atoms with Gasteiger partial charge in [0.15, 0.2) is 0 Å². The zero-order valence-electron chi connectivity index (χ0n) is 12.4. The van der Waals surface area contributed by atoms with Crippen LogP contribution >= 0.6 is 0 Å². The Labute approximate surface area is 128 Å². The quantitative estimate of drug-likeness (QED) is 0.874. The first kappa shape index (κ1) is 14.8. The number of rotatable bonds is 3. The number of urea groups is 1. The molecule has 1 saturated carbocycles. The first-order valence-corrected chi connectivity index (χ1v) is 7.61. The van der Waals surface area contributed by atoms with Crippen molar-refractivity contribution in [3.05, 3.63) is 30.1 Å². The van der Waals surface area contributed by atoms with Gasteiger partial charge in [-0.3, -0.25) is 0 Å². The van der Waals surface area contributed by atoms with Crippen molar-refractivity contribution in [3.8, 4) is 0 Å². The fraction of sp³-hybridized carbons (Fsp3) is 0.500. The highest BCUT2D eigenvalue weighted by Gasteiger charge is 2.52. The Morgan fingerprint density at radius 1 is 1.32 bits per heavy atom. The maximum Gasteiger partial charge on any atom is 0.329 e. The Morgan fingerprint density at radius 2 is 2.05 bits per heavy atom. The van der Waals surface area contributed by atoms with Gasteiger partial charge in [0, 0.05) is 11.7 Å². The normalized spacial score (nSPS) is 26.1. The maximum absolute atomic E-state index is 12.9. The molecule has 1 aromatic rings. The van der Waals surface area contributed by atoms with Crippen molar-refractivity contribution in [2.45, 2.75) is 38.3 Å². The van der Waals surface area contributed by atoms with Crippen LogP contribution in [0.4, 0.5) is 14.9 Å². The van der Waals surface area contributed by atoms with Crippen molar-refractivity contribution >= 4 is 17.7 Å². The smallest absolute Gasteiger partial charge is 0.329 e. The molecule has 3 atom stereocenters. The molecule has 0 spiro atoms. The minimum absolute atomic E-state index is 0.0832. The second-order valence-electron chi connectivity index (χ2n) is 5.77. The topological polar surface area (TPSA) is 58.6 Å². The van der Waals surface area contributed by atoms with Gasteiger partial charge in [-0.15, -0.1) is 0 Å². The summed E-state index contributed by atoms with van der Waals surface area (Å²) in [6.07, 6.45) is 2.71. The number of carbonyl (C=O) groups is 2. The van der Waals surface area contributed by atoms with Crippen LogP contribution in [0.2, 0.25) is 0 Å². The fourth-order valence-electron chi connectivity index (χ4n) is 3.53. The second-order valence-corrected chi connectivity index (χ2v) is 5.77. The predicted molar refractivity (Wildman–Crippen MR) is 78.8 cm³/mol. The summed E-state index contributed by atoms with van der Waals surface area (Å²) in [5.41, 5.74) is 0.511. The van der Waals surface area contributed by atoms with E-state index in [0.29, 0.717) is 12.3 Å². The largest absolute Gasteiger partial charge is 0.464 e. The van der Waals surface area contributed by atoms with E-state index in [2.05, 4.69) is 5.32 Å². The third-order valence-corrected chi connectivity index (χ3v) is 4.44. The Balaban J connectivity index is 1.74. The third kappa shape index (κ3) is 2.65. The molecule has 1 saturated heterocycles. The maximum atomic E-state index is 12.9. The van der Waals surface area contributed by atoms with Crippen LogP contribution in [0.3, 0.4) is 0 Å². The number of nitrogens with one attached hydrogen (secondary N) is 1. The molecule has 1 N–H and O–H groups in total. The van der Waals surface area contributed by atoms with Crippen LogP contribution in [-0.2, 0) is 9.53 Å². The number of carbonyl (C=O) groups excluding carboxylic acids is 2. The highest BCUT2D eigenvalue weighted by molar-refractivity contribution is 5.93. The molecule has 3 unspecified atom stereocenters. The van der Waals surface area contributed by atoms with E-state index in [0.717, 1.165) is 19.3 Å². The number of hydrogen-bond acceptors (Lipinski definition) is 3. The van der Waals surface area contributed by atoms with Crippen molar-refractivity contribution < 1.29 is 18.7 Å². The molecule has 118 valence electrons. The average molecular weight is 306 g/mol. The number of anilines is 1. The highest BCUT2D eigenvalue weighted by atomic mass is 19.1. The lowest BCUT2D eigenvalue weighted by molar-refractivity contribution is -0.149. The summed E-state index contributed by atoms with van der Waals surface area (Å²) in [5.74, 6) is -0.505. The molecule has 3 rings (SSSR count). The Kier molecular flexibility index (Phi) is 4.00. The molecule has 0 aromatic heterocycles. The van der Waals surface area contributed by atoms with Gasteiger partial charge in [0.1, 0.15) is 11.9 Å². The number of esters is 1. The van der Waals surface area contributed by atoms with Gasteiger partial charge in [-0.2, -0.15) is 0 Å². The van der Waals surface area contributed by atoms with Crippen LogP contribution in [0.15, 0.2) is 24.3 Å². The standard InChI is InChI=1S/C16H19FN2O3/c1-2-22-15(20)14-10-3-8-13(9-10)19(14)16(21)18-12-6-4-11(17)5-7-12/h4-7,10,13-14H,2-3,8-9H2,1H3,(H,18,21).